The smallest absolute Gasteiger partial charge is 0.407 e. The first-order valence-electron chi connectivity index (χ1n) is 12.0. The van der Waals surface area contributed by atoms with Crippen LogP contribution in [0.2, 0.25) is 0 Å². The molecule has 0 saturated heterocycles. The van der Waals surface area contributed by atoms with Gasteiger partial charge in [-0.05, 0) is 53.4 Å². The summed E-state index contributed by atoms with van der Waals surface area (Å²) in [6, 6.07) is 16.3. The molecule has 0 aromatic heterocycles. The maximum absolute atomic E-state index is 12.4. The van der Waals surface area contributed by atoms with Crippen LogP contribution in [0.25, 0.3) is 11.1 Å². The van der Waals surface area contributed by atoms with Crippen LogP contribution in [0.15, 0.2) is 48.5 Å². The molecule has 4 atom stereocenters. The number of carboxylic acid groups (broad SMARTS) is 1. The Bertz CT molecular complexity index is 1090. The van der Waals surface area contributed by atoms with Gasteiger partial charge in [0.25, 0.3) is 0 Å². The number of benzene rings is 2. The predicted octanol–water partition coefficient (Wildman–Crippen LogP) is 3.92. The second-order valence-electron chi connectivity index (χ2n) is 10.1. The van der Waals surface area contributed by atoms with Crippen molar-refractivity contribution in [1.29, 1.82) is 0 Å². The van der Waals surface area contributed by atoms with Gasteiger partial charge in [0.15, 0.2) is 0 Å². The molecule has 5 rings (SSSR count). The number of hydrogen-bond donors (Lipinski definition) is 3. The van der Waals surface area contributed by atoms with E-state index in [-0.39, 0.29) is 42.7 Å². The van der Waals surface area contributed by atoms with Crippen LogP contribution in [-0.4, -0.2) is 42.3 Å². The number of aliphatic carboxylic acids is 1. The normalized spacial score (nSPS) is 25.0. The lowest BCUT2D eigenvalue weighted by Crippen LogP contribution is -2.37. The van der Waals surface area contributed by atoms with Gasteiger partial charge in [-0.15, -0.1) is 0 Å². The SMILES string of the molecule is CC(CNC(=O)OCC1c2ccccc2-c2ccccc21)CC(=O)NC1CC2CC2(C(=O)O)C1. The van der Waals surface area contributed by atoms with Crippen molar-refractivity contribution in [3.8, 4) is 11.1 Å². The third-order valence-corrected chi connectivity index (χ3v) is 7.68. The summed E-state index contributed by atoms with van der Waals surface area (Å²) in [5.74, 6) is -0.704. The van der Waals surface area contributed by atoms with Gasteiger partial charge in [0.1, 0.15) is 6.61 Å². The van der Waals surface area contributed by atoms with Crippen molar-refractivity contribution in [1.82, 2.24) is 10.6 Å². The molecule has 178 valence electrons. The van der Waals surface area contributed by atoms with E-state index in [1.165, 1.54) is 11.1 Å². The molecule has 0 spiro atoms. The summed E-state index contributed by atoms with van der Waals surface area (Å²) in [6.45, 7) is 2.48. The second kappa shape index (κ2) is 8.78. The lowest BCUT2D eigenvalue weighted by atomic mass is 9.98. The Morgan fingerprint density at radius 2 is 1.71 bits per heavy atom. The molecule has 2 aromatic rings. The summed E-state index contributed by atoms with van der Waals surface area (Å²) >= 11 is 0. The summed E-state index contributed by atoms with van der Waals surface area (Å²) in [4.78, 5) is 36.1. The molecule has 3 aliphatic carbocycles. The van der Waals surface area contributed by atoms with Crippen molar-refractivity contribution in [3.05, 3.63) is 59.7 Å². The minimum atomic E-state index is -0.741. The van der Waals surface area contributed by atoms with Gasteiger partial charge in [-0.25, -0.2) is 4.79 Å². The number of ether oxygens (including phenoxy) is 1. The molecule has 2 aromatic carbocycles. The third-order valence-electron chi connectivity index (χ3n) is 7.68. The molecule has 34 heavy (non-hydrogen) atoms. The standard InChI is InChI=1S/C27H30N2O5/c1-16(10-24(30)29-18-11-17-12-27(17,13-18)25(31)32)14-28-26(33)34-15-23-21-8-4-2-6-19(21)20-7-3-5-9-22(20)23/h2-9,16-18,23H,10-15H2,1H3,(H,28,33)(H,29,30)(H,31,32). The van der Waals surface area contributed by atoms with Gasteiger partial charge in [-0.3, -0.25) is 9.59 Å². The van der Waals surface area contributed by atoms with Crippen LogP contribution >= 0.6 is 0 Å². The number of carboxylic acids is 1. The number of alkyl carbamates (subject to hydrolysis) is 1. The largest absolute Gasteiger partial charge is 0.481 e. The van der Waals surface area contributed by atoms with Crippen LogP contribution < -0.4 is 10.6 Å². The number of carbonyl (C=O) groups excluding carboxylic acids is 2. The maximum atomic E-state index is 12.4. The summed E-state index contributed by atoms with van der Waals surface area (Å²) in [5.41, 5.74) is 4.09. The van der Waals surface area contributed by atoms with Gasteiger partial charge >= 0.3 is 12.1 Å². The fourth-order valence-corrected chi connectivity index (χ4v) is 5.85. The average molecular weight is 463 g/mol. The fraction of sp³-hybridized carbons (Fsp3) is 0.444. The maximum Gasteiger partial charge on any atom is 0.407 e. The highest BCUT2D eigenvalue weighted by Gasteiger charge is 2.65. The van der Waals surface area contributed by atoms with Crippen LogP contribution in [0.3, 0.4) is 0 Å². The molecule has 3 aliphatic rings. The molecule has 0 bridgehead atoms. The zero-order chi connectivity index (χ0) is 23.9. The quantitative estimate of drug-likeness (QED) is 0.552. The van der Waals surface area contributed by atoms with Gasteiger partial charge < -0.3 is 20.5 Å². The Labute approximate surface area is 198 Å². The molecule has 7 nitrogen and oxygen atoms in total. The van der Waals surface area contributed by atoms with Crippen molar-refractivity contribution >= 4 is 18.0 Å². The van der Waals surface area contributed by atoms with Crippen molar-refractivity contribution in [2.75, 3.05) is 13.2 Å². The molecule has 0 heterocycles. The lowest BCUT2D eigenvalue weighted by Gasteiger charge is -2.18. The molecule has 2 amide bonds. The van der Waals surface area contributed by atoms with Crippen molar-refractivity contribution in [2.45, 2.75) is 44.6 Å². The summed E-state index contributed by atoms with van der Waals surface area (Å²) in [5, 5.41) is 15.1. The topological polar surface area (TPSA) is 105 Å². The van der Waals surface area contributed by atoms with E-state index in [4.69, 9.17) is 4.74 Å². The number of carbonyl (C=O) groups is 3. The highest BCUT2D eigenvalue weighted by molar-refractivity contribution is 5.81. The van der Waals surface area contributed by atoms with E-state index in [0.717, 1.165) is 24.0 Å². The number of hydrogen-bond acceptors (Lipinski definition) is 4. The van der Waals surface area contributed by atoms with E-state index in [1.54, 1.807) is 0 Å². The first-order valence-corrected chi connectivity index (χ1v) is 12.0. The second-order valence-corrected chi connectivity index (χ2v) is 10.1. The van der Waals surface area contributed by atoms with Gasteiger partial charge in [0.05, 0.1) is 5.41 Å². The van der Waals surface area contributed by atoms with Crippen molar-refractivity contribution < 1.29 is 24.2 Å². The monoisotopic (exact) mass is 462 g/mol. The first kappa shape index (κ1) is 22.4. The van der Waals surface area contributed by atoms with Crippen molar-refractivity contribution in [3.63, 3.8) is 0 Å². The zero-order valence-corrected chi connectivity index (χ0v) is 19.3. The molecular formula is C27H30N2O5. The van der Waals surface area contributed by atoms with E-state index < -0.39 is 17.5 Å². The van der Waals surface area contributed by atoms with Gasteiger partial charge in [-0.2, -0.15) is 0 Å². The van der Waals surface area contributed by atoms with E-state index in [0.29, 0.717) is 13.0 Å². The summed E-state index contributed by atoms with van der Waals surface area (Å²) in [6.07, 6.45) is 1.77. The lowest BCUT2D eigenvalue weighted by molar-refractivity contribution is -0.143. The predicted molar refractivity (Wildman–Crippen MR) is 126 cm³/mol. The molecule has 0 aliphatic heterocycles. The van der Waals surface area contributed by atoms with E-state index in [1.807, 2.05) is 31.2 Å². The molecular weight excluding hydrogens is 432 g/mol. The van der Waals surface area contributed by atoms with Crippen LogP contribution in [0.4, 0.5) is 4.79 Å². The summed E-state index contributed by atoms with van der Waals surface area (Å²) in [7, 11) is 0. The first-order chi connectivity index (χ1) is 16.4. The third kappa shape index (κ3) is 4.15. The number of nitrogens with one attached hydrogen (secondary N) is 2. The van der Waals surface area contributed by atoms with E-state index >= 15 is 0 Å². The number of amides is 2. The Kier molecular flexibility index (Phi) is 5.80. The van der Waals surface area contributed by atoms with Crippen molar-refractivity contribution in [2.24, 2.45) is 17.3 Å². The average Bonchev–Trinajstić information content (AvgIpc) is 3.25. The van der Waals surface area contributed by atoms with Gasteiger partial charge in [-0.1, -0.05) is 55.5 Å². The Morgan fingerprint density at radius 3 is 2.32 bits per heavy atom. The molecule has 2 saturated carbocycles. The molecule has 3 N–H and O–H groups in total. The van der Waals surface area contributed by atoms with Crippen LogP contribution in [0, 0.1) is 17.3 Å². The summed E-state index contributed by atoms with van der Waals surface area (Å²) < 4.78 is 5.55. The Morgan fingerprint density at radius 1 is 1.06 bits per heavy atom. The zero-order valence-electron chi connectivity index (χ0n) is 19.3. The van der Waals surface area contributed by atoms with Gasteiger partial charge in [0, 0.05) is 24.9 Å². The highest BCUT2D eigenvalue weighted by Crippen LogP contribution is 2.63. The minimum absolute atomic E-state index is 0.00747. The fourth-order valence-electron chi connectivity index (χ4n) is 5.85. The highest BCUT2D eigenvalue weighted by atomic mass is 16.5. The Balaban J connectivity index is 1.06. The number of rotatable bonds is 8. The molecule has 7 heteroatoms. The Hall–Kier alpha value is -3.35. The van der Waals surface area contributed by atoms with Crippen LogP contribution in [-0.2, 0) is 14.3 Å². The van der Waals surface area contributed by atoms with Crippen LogP contribution in [0.5, 0.6) is 0 Å². The van der Waals surface area contributed by atoms with E-state index in [9.17, 15) is 19.5 Å². The number of fused-ring (bicyclic) bond motifs is 4. The van der Waals surface area contributed by atoms with Crippen LogP contribution in [0.1, 0.15) is 49.7 Å². The molecule has 0 radical (unpaired) electrons. The van der Waals surface area contributed by atoms with E-state index in [2.05, 4.69) is 34.9 Å². The molecule has 2 fully saturated rings. The van der Waals surface area contributed by atoms with Gasteiger partial charge in [0.2, 0.25) is 5.91 Å². The minimum Gasteiger partial charge on any atom is -0.481 e. The molecule has 4 unspecified atom stereocenters.